The lowest BCUT2D eigenvalue weighted by molar-refractivity contribution is 0.182. The molecule has 0 aromatic heterocycles. The molecule has 2 fully saturated rings. The summed E-state index contributed by atoms with van der Waals surface area (Å²) in [6, 6.07) is 33.5. The van der Waals surface area contributed by atoms with Gasteiger partial charge < -0.3 is 0 Å². The molecule has 2 nitrogen and oxygen atoms in total. The zero-order valence-electron chi connectivity index (χ0n) is 16.3. The Morgan fingerprint density at radius 2 is 1.04 bits per heavy atom. The summed E-state index contributed by atoms with van der Waals surface area (Å²) in [5, 5.41) is 0. The highest BCUT2D eigenvalue weighted by Crippen LogP contribution is 2.50. The monoisotopic (exact) mass is 368 g/mol. The van der Waals surface area contributed by atoms with Crippen LogP contribution in [0.15, 0.2) is 91.0 Å². The molecule has 2 heteroatoms. The Hall–Kier alpha value is -2.42. The minimum atomic E-state index is 0.729. The molecule has 1 aliphatic heterocycles. The van der Waals surface area contributed by atoms with E-state index in [-0.39, 0.29) is 0 Å². The molecule has 142 valence electrons. The maximum Gasteiger partial charge on any atom is 0.0240 e. The number of fused-ring (bicyclic) bond motifs is 1. The molecule has 3 aromatic carbocycles. The molecular weight excluding hydrogens is 340 g/mol. The molecule has 3 aromatic rings. The zero-order valence-corrected chi connectivity index (χ0v) is 16.3. The van der Waals surface area contributed by atoms with Gasteiger partial charge in [-0.2, -0.15) is 0 Å². The van der Waals surface area contributed by atoms with Crippen LogP contribution < -0.4 is 0 Å². The van der Waals surface area contributed by atoms with Gasteiger partial charge in [0.2, 0.25) is 0 Å². The molecule has 5 rings (SSSR count). The van der Waals surface area contributed by atoms with E-state index in [1.807, 2.05) is 0 Å². The molecule has 0 radical (unpaired) electrons. The van der Waals surface area contributed by atoms with E-state index in [1.54, 1.807) is 0 Å². The third-order valence-corrected chi connectivity index (χ3v) is 6.35. The van der Waals surface area contributed by atoms with Crippen LogP contribution in [0.2, 0.25) is 0 Å². The van der Waals surface area contributed by atoms with E-state index in [0.717, 1.165) is 37.5 Å². The summed E-state index contributed by atoms with van der Waals surface area (Å²) in [5.74, 6) is 1.66. The van der Waals surface area contributed by atoms with E-state index < -0.39 is 0 Å². The highest BCUT2D eigenvalue weighted by Gasteiger charge is 2.57. The molecular formula is C26H28N2. The average molecular weight is 369 g/mol. The average Bonchev–Trinajstić information content (AvgIpc) is 3.25. The zero-order chi connectivity index (χ0) is 18.8. The highest BCUT2D eigenvalue weighted by atomic mass is 15.3. The van der Waals surface area contributed by atoms with Crippen molar-refractivity contribution in [2.24, 2.45) is 11.8 Å². The lowest BCUT2D eigenvalue weighted by atomic mass is 10.1. The van der Waals surface area contributed by atoms with E-state index >= 15 is 0 Å². The lowest BCUT2D eigenvalue weighted by Crippen LogP contribution is -2.34. The Morgan fingerprint density at radius 1 is 0.607 bits per heavy atom. The second-order valence-corrected chi connectivity index (χ2v) is 8.37. The summed E-state index contributed by atoms with van der Waals surface area (Å²) in [6.45, 7) is 5.67. The summed E-state index contributed by atoms with van der Waals surface area (Å²) < 4.78 is 0. The maximum atomic E-state index is 2.72. The van der Waals surface area contributed by atoms with E-state index in [9.17, 15) is 0 Å². The first kappa shape index (κ1) is 17.7. The second-order valence-electron chi connectivity index (χ2n) is 8.37. The van der Waals surface area contributed by atoms with Crippen molar-refractivity contribution < 1.29 is 0 Å². The van der Waals surface area contributed by atoms with Crippen molar-refractivity contribution in [3.8, 4) is 0 Å². The Morgan fingerprint density at radius 3 is 1.50 bits per heavy atom. The minimum absolute atomic E-state index is 0.729. The van der Waals surface area contributed by atoms with E-state index in [4.69, 9.17) is 0 Å². The molecule has 0 spiro atoms. The number of hydrogen-bond acceptors (Lipinski definition) is 2. The molecule has 0 N–H and O–H groups in total. The van der Waals surface area contributed by atoms with Crippen molar-refractivity contribution in [3.05, 3.63) is 108 Å². The molecule has 2 unspecified atom stereocenters. The number of hydrogen-bond donors (Lipinski definition) is 0. The lowest BCUT2D eigenvalue weighted by Gasteiger charge is -2.27. The number of rotatable bonds is 7. The van der Waals surface area contributed by atoms with Crippen molar-refractivity contribution in [1.29, 1.82) is 0 Å². The van der Waals surface area contributed by atoms with Gasteiger partial charge in [0.1, 0.15) is 0 Å². The molecule has 1 aliphatic carbocycles. The van der Waals surface area contributed by atoms with E-state index in [2.05, 4.69) is 101 Å². The standard InChI is InChI=1S/C26H28N2/c1-4-10-21(11-5-1)16-27-19-24-25(20-27)26(24)28(17-22-12-6-2-7-13-22)18-23-14-8-3-9-15-23/h1-15,24-26H,16-20H2. The summed E-state index contributed by atoms with van der Waals surface area (Å²) in [4.78, 5) is 5.37. The summed E-state index contributed by atoms with van der Waals surface area (Å²) in [7, 11) is 0. The van der Waals surface area contributed by atoms with Crippen molar-refractivity contribution in [3.63, 3.8) is 0 Å². The first-order valence-corrected chi connectivity index (χ1v) is 10.4. The summed E-state index contributed by atoms with van der Waals surface area (Å²) in [6.07, 6.45) is 0. The van der Waals surface area contributed by atoms with E-state index in [0.29, 0.717) is 0 Å². The fraction of sp³-hybridized carbons (Fsp3) is 0.308. The third-order valence-electron chi connectivity index (χ3n) is 6.35. The molecule has 28 heavy (non-hydrogen) atoms. The van der Waals surface area contributed by atoms with Gasteiger partial charge in [-0.1, -0.05) is 91.0 Å². The number of benzene rings is 3. The molecule has 0 amide bonds. The minimum Gasteiger partial charge on any atom is -0.298 e. The Kier molecular flexibility index (Phi) is 4.99. The van der Waals surface area contributed by atoms with Crippen LogP contribution in [0.25, 0.3) is 0 Å². The summed E-state index contributed by atoms with van der Waals surface area (Å²) >= 11 is 0. The Balaban J connectivity index is 1.26. The van der Waals surface area contributed by atoms with Gasteiger partial charge in [-0.05, 0) is 28.5 Å². The van der Waals surface area contributed by atoms with Crippen LogP contribution >= 0.6 is 0 Å². The van der Waals surface area contributed by atoms with Crippen LogP contribution in [-0.2, 0) is 19.6 Å². The Labute approximate surface area is 168 Å². The quantitative estimate of drug-likeness (QED) is 0.590. The normalized spacial score (nSPS) is 23.7. The SMILES string of the molecule is c1ccc(CN2CC3C(C2)C3N(Cc2ccccc2)Cc2ccccc2)cc1. The first-order chi connectivity index (χ1) is 13.9. The Bertz CT molecular complexity index is 825. The smallest absolute Gasteiger partial charge is 0.0240 e. The van der Waals surface area contributed by atoms with Crippen LogP contribution in [0, 0.1) is 11.8 Å². The molecule has 1 saturated heterocycles. The van der Waals surface area contributed by atoms with Crippen LogP contribution in [0.4, 0.5) is 0 Å². The van der Waals surface area contributed by atoms with Crippen molar-refractivity contribution in [2.45, 2.75) is 25.7 Å². The van der Waals surface area contributed by atoms with Crippen LogP contribution in [0.5, 0.6) is 0 Å². The fourth-order valence-electron chi connectivity index (χ4n) is 5.00. The van der Waals surface area contributed by atoms with Crippen molar-refractivity contribution >= 4 is 0 Å². The molecule has 1 heterocycles. The van der Waals surface area contributed by atoms with E-state index in [1.165, 1.54) is 29.8 Å². The number of piperidine rings is 1. The van der Waals surface area contributed by atoms with Gasteiger partial charge >= 0.3 is 0 Å². The van der Waals surface area contributed by atoms with Crippen LogP contribution in [-0.4, -0.2) is 28.9 Å². The van der Waals surface area contributed by atoms with Crippen molar-refractivity contribution in [2.75, 3.05) is 13.1 Å². The van der Waals surface area contributed by atoms with Gasteiger partial charge in [-0.15, -0.1) is 0 Å². The molecule has 1 saturated carbocycles. The third kappa shape index (κ3) is 3.89. The fourth-order valence-corrected chi connectivity index (χ4v) is 5.00. The maximum absolute atomic E-state index is 2.72. The second kappa shape index (κ2) is 7.90. The molecule has 2 aliphatic rings. The van der Waals surface area contributed by atoms with Crippen molar-refractivity contribution in [1.82, 2.24) is 9.80 Å². The number of nitrogens with zero attached hydrogens (tertiary/aromatic N) is 2. The van der Waals surface area contributed by atoms with Gasteiger partial charge in [-0.25, -0.2) is 0 Å². The molecule has 2 atom stereocenters. The van der Waals surface area contributed by atoms with Gasteiger partial charge in [0, 0.05) is 38.8 Å². The highest BCUT2D eigenvalue weighted by molar-refractivity contribution is 5.21. The van der Waals surface area contributed by atoms with Crippen LogP contribution in [0.1, 0.15) is 16.7 Å². The van der Waals surface area contributed by atoms with Gasteiger partial charge in [0.15, 0.2) is 0 Å². The van der Waals surface area contributed by atoms with Gasteiger partial charge in [0.25, 0.3) is 0 Å². The largest absolute Gasteiger partial charge is 0.298 e. The number of likely N-dealkylation sites (tertiary alicyclic amines) is 1. The van der Waals surface area contributed by atoms with Crippen LogP contribution in [0.3, 0.4) is 0 Å². The summed E-state index contributed by atoms with van der Waals surface area (Å²) in [5.41, 5.74) is 4.28. The van der Waals surface area contributed by atoms with Gasteiger partial charge in [-0.3, -0.25) is 9.80 Å². The molecule has 0 bridgehead atoms. The topological polar surface area (TPSA) is 6.48 Å². The predicted octanol–water partition coefficient (Wildman–Crippen LogP) is 4.82. The first-order valence-electron chi connectivity index (χ1n) is 10.4. The van der Waals surface area contributed by atoms with Gasteiger partial charge in [0.05, 0.1) is 0 Å². The predicted molar refractivity (Wildman–Crippen MR) is 115 cm³/mol.